The molecule has 0 aliphatic carbocycles. The lowest BCUT2D eigenvalue weighted by Crippen LogP contribution is -2.30. The molecule has 0 aliphatic heterocycles. The molecule has 4 N–H and O–H groups in total. The third-order valence-electron chi connectivity index (χ3n) is 5.91. The highest BCUT2D eigenvalue weighted by Crippen LogP contribution is 2.39. The van der Waals surface area contributed by atoms with Crippen LogP contribution in [0.3, 0.4) is 0 Å². The van der Waals surface area contributed by atoms with Gasteiger partial charge in [0.1, 0.15) is 7.11 Å². The fourth-order valence-electron chi connectivity index (χ4n) is 4.36. The van der Waals surface area contributed by atoms with Gasteiger partial charge >= 0.3 is 17.9 Å². The normalized spacial score (nSPS) is 13.6. The number of nitrogens with zero attached hydrogens (tertiary/aromatic N) is 1. The van der Waals surface area contributed by atoms with Crippen molar-refractivity contribution in [3.05, 3.63) is 106 Å². The molecule has 0 saturated heterocycles. The number of hydrogen-bond donors (Lipinski definition) is 4. The van der Waals surface area contributed by atoms with Gasteiger partial charge in [0.05, 0.1) is 29.0 Å². The number of aliphatic hydroxyl groups is 1. The molecule has 186 valence electrons. The molecule has 0 unspecified atom stereocenters. The van der Waals surface area contributed by atoms with Crippen molar-refractivity contribution < 1.29 is 39.6 Å². The number of rotatable bonds is 11. The minimum Gasteiger partial charge on any atom is -0.478 e. The summed E-state index contributed by atoms with van der Waals surface area (Å²) in [4.78, 5) is 40.7. The summed E-state index contributed by atoms with van der Waals surface area (Å²) in [6.07, 6.45) is -0.161. The summed E-state index contributed by atoms with van der Waals surface area (Å²) < 4.78 is 0. The molecule has 0 aromatic heterocycles. The van der Waals surface area contributed by atoms with Gasteiger partial charge in [-0.3, -0.25) is 0 Å². The van der Waals surface area contributed by atoms with Crippen LogP contribution < -0.4 is 0 Å². The van der Waals surface area contributed by atoms with Crippen molar-refractivity contribution >= 4 is 24.1 Å². The summed E-state index contributed by atoms with van der Waals surface area (Å²) >= 11 is 0. The lowest BCUT2D eigenvalue weighted by Gasteiger charge is -2.31. The minimum absolute atomic E-state index is 0.00476. The molecule has 3 aromatic carbocycles. The van der Waals surface area contributed by atoms with Crippen molar-refractivity contribution in [2.75, 3.05) is 7.11 Å². The van der Waals surface area contributed by atoms with Gasteiger partial charge in [0.25, 0.3) is 0 Å². The summed E-state index contributed by atoms with van der Waals surface area (Å²) in [5.41, 5.74) is 0.705. The van der Waals surface area contributed by atoms with Crippen LogP contribution >= 0.6 is 0 Å². The number of aliphatic hydroxyl groups excluding tert-OH is 1. The van der Waals surface area contributed by atoms with E-state index in [0.717, 1.165) is 0 Å². The summed E-state index contributed by atoms with van der Waals surface area (Å²) in [5, 5.41) is 44.6. The maximum Gasteiger partial charge on any atom is 0.335 e. The predicted octanol–water partition coefficient (Wildman–Crippen LogP) is 3.88. The van der Waals surface area contributed by atoms with Crippen LogP contribution in [0.2, 0.25) is 0 Å². The average molecular weight is 491 g/mol. The Bertz CT molecular complexity index is 1290. The Hall–Kier alpha value is -4.50. The first-order valence-corrected chi connectivity index (χ1v) is 11.0. The molecule has 0 bridgehead atoms. The van der Waals surface area contributed by atoms with E-state index < -0.39 is 35.8 Å². The Morgan fingerprint density at radius 2 is 1.25 bits per heavy atom. The first kappa shape index (κ1) is 26.1. The van der Waals surface area contributed by atoms with Crippen LogP contribution in [0.15, 0.2) is 78.0 Å². The summed E-state index contributed by atoms with van der Waals surface area (Å²) in [7, 11) is 1.30. The highest BCUT2D eigenvalue weighted by molar-refractivity contribution is 5.93. The van der Waals surface area contributed by atoms with E-state index in [4.69, 9.17) is 4.84 Å². The molecule has 36 heavy (non-hydrogen) atoms. The van der Waals surface area contributed by atoms with Gasteiger partial charge in [0.2, 0.25) is 0 Å². The second-order valence-corrected chi connectivity index (χ2v) is 8.01. The molecule has 3 rings (SSSR count). The number of carboxylic acid groups (broad SMARTS) is 3. The molecule has 0 amide bonds. The molecule has 3 aromatic rings. The van der Waals surface area contributed by atoms with Gasteiger partial charge in [0, 0.05) is 11.8 Å². The number of oxime groups is 1. The maximum absolute atomic E-state index is 12.1. The smallest absolute Gasteiger partial charge is 0.335 e. The third kappa shape index (κ3) is 5.76. The minimum atomic E-state index is -1.33. The van der Waals surface area contributed by atoms with Crippen LogP contribution in [-0.2, 0) is 11.3 Å². The quantitative estimate of drug-likeness (QED) is 0.233. The lowest BCUT2D eigenvalue weighted by molar-refractivity contribution is 0.0678. The van der Waals surface area contributed by atoms with Gasteiger partial charge in [-0.15, -0.1) is 0 Å². The highest BCUT2D eigenvalue weighted by Gasteiger charge is 2.35. The number of benzene rings is 3. The largest absolute Gasteiger partial charge is 0.478 e. The molecule has 0 spiro atoms. The molecule has 9 heteroatoms. The molecule has 9 nitrogen and oxygen atoms in total. The molecule has 0 aliphatic rings. The van der Waals surface area contributed by atoms with Gasteiger partial charge < -0.3 is 25.3 Å². The van der Waals surface area contributed by atoms with Crippen LogP contribution in [-0.4, -0.2) is 57.8 Å². The van der Waals surface area contributed by atoms with E-state index in [1.807, 2.05) is 0 Å². The first-order valence-electron chi connectivity index (χ1n) is 11.0. The van der Waals surface area contributed by atoms with Crippen molar-refractivity contribution in [2.24, 2.45) is 5.16 Å². The van der Waals surface area contributed by atoms with Crippen molar-refractivity contribution in [1.29, 1.82) is 0 Å². The van der Waals surface area contributed by atoms with Crippen LogP contribution in [0.4, 0.5) is 0 Å². The fraction of sp³-hybridized carbons (Fsp3) is 0.185. The maximum atomic E-state index is 12.1. The zero-order valence-electron chi connectivity index (χ0n) is 19.3. The first-order chi connectivity index (χ1) is 17.3. The summed E-state index contributed by atoms with van der Waals surface area (Å²) in [6, 6.07) is 18.4. The van der Waals surface area contributed by atoms with E-state index in [1.165, 1.54) is 37.6 Å². The predicted molar refractivity (Wildman–Crippen MR) is 131 cm³/mol. The zero-order chi connectivity index (χ0) is 26.2. The average Bonchev–Trinajstić information content (AvgIpc) is 2.86. The molecular weight excluding hydrogens is 466 g/mol. The summed E-state index contributed by atoms with van der Waals surface area (Å²) in [5.74, 6) is -5.59. The number of hydrogen-bond acceptors (Lipinski definition) is 6. The SMILES string of the molecule is CON=C[C@H](c1ccccc1C(=O)O)[C@H](c1ccccc1C(=O)O)[C@H](O)Cc1ccccc1C(=O)O. The van der Waals surface area contributed by atoms with Crippen LogP contribution in [0.5, 0.6) is 0 Å². The van der Waals surface area contributed by atoms with E-state index >= 15 is 0 Å². The monoisotopic (exact) mass is 491 g/mol. The molecule has 0 heterocycles. The molecule has 0 fully saturated rings. The highest BCUT2D eigenvalue weighted by atomic mass is 16.6. The lowest BCUT2D eigenvalue weighted by atomic mass is 9.74. The molecule has 0 saturated carbocycles. The zero-order valence-corrected chi connectivity index (χ0v) is 19.3. The van der Waals surface area contributed by atoms with E-state index in [0.29, 0.717) is 5.56 Å². The van der Waals surface area contributed by atoms with Crippen LogP contribution in [0.25, 0.3) is 0 Å². The standard InChI is InChI=1S/C27H25NO8/c1-36-28-15-22(18-10-4-6-12-20(18)26(32)33)24(19-11-5-7-13-21(19)27(34)35)23(29)14-16-8-2-3-9-17(16)25(30)31/h2-13,15,22-24,29H,14H2,1H3,(H,30,31)(H,32,33)(H,34,35)/t22-,23-,24+/m1/s1. The Morgan fingerprint density at radius 3 is 1.81 bits per heavy atom. The molecule has 0 radical (unpaired) electrons. The van der Waals surface area contributed by atoms with Crippen molar-refractivity contribution in [1.82, 2.24) is 0 Å². The van der Waals surface area contributed by atoms with Crippen molar-refractivity contribution in [2.45, 2.75) is 24.4 Å². The van der Waals surface area contributed by atoms with Crippen LogP contribution in [0.1, 0.15) is 59.6 Å². The molecular formula is C27H25NO8. The Kier molecular flexibility index (Phi) is 8.53. The van der Waals surface area contributed by atoms with E-state index in [2.05, 4.69) is 5.16 Å². The van der Waals surface area contributed by atoms with E-state index in [-0.39, 0.29) is 34.2 Å². The number of carbonyl (C=O) groups is 3. The Morgan fingerprint density at radius 1 is 0.778 bits per heavy atom. The van der Waals surface area contributed by atoms with Gasteiger partial charge in [0.15, 0.2) is 0 Å². The van der Waals surface area contributed by atoms with Gasteiger partial charge in [-0.05, 0) is 41.3 Å². The summed E-state index contributed by atoms with van der Waals surface area (Å²) in [6.45, 7) is 0. The van der Waals surface area contributed by atoms with E-state index in [1.54, 1.807) is 48.5 Å². The fourth-order valence-corrected chi connectivity index (χ4v) is 4.36. The topological polar surface area (TPSA) is 154 Å². The van der Waals surface area contributed by atoms with Crippen molar-refractivity contribution in [3.8, 4) is 0 Å². The van der Waals surface area contributed by atoms with E-state index in [9.17, 15) is 34.8 Å². The second-order valence-electron chi connectivity index (χ2n) is 8.01. The Labute approximate surface area is 206 Å². The van der Waals surface area contributed by atoms with Gasteiger partial charge in [-0.1, -0.05) is 59.8 Å². The molecule has 3 atom stereocenters. The van der Waals surface area contributed by atoms with Crippen molar-refractivity contribution in [3.63, 3.8) is 0 Å². The third-order valence-corrected chi connectivity index (χ3v) is 5.91. The van der Waals surface area contributed by atoms with Gasteiger partial charge in [-0.2, -0.15) is 0 Å². The number of aromatic carboxylic acids is 3. The number of carboxylic acids is 3. The Balaban J connectivity index is 2.25. The second kappa shape index (κ2) is 11.8. The van der Waals surface area contributed by atoms with Gasteiger partial charge in [-0.25, -0.2) is 14.4 Å². The van der Waals surface area contributed by atoms with Crippen LogP contribution in [0, 0.1) is 0 Å².